The molecule has 88 valence electrons. The summed E-state index contributed by atoms with van der Waals surface area (Å²) < 4.78 is 0. The van der Waals surface area contributed by atoms with Crippen molar-refractivity contribution >= 4 is 11.6 Å². The average molecular weight is 228 g/mol. The number of hydrogen-bond donors (Lipinski definition) is 2. The zero-order valence-corrected chi connectivity index (χ0v) is 9.70. The fourth-order valence-corrected chi connectivity index (χ4v) is 1.75. The van der Waals surface area contributed by atoms with Crippen molar-refractivity contribution in [3.05, 3.63) is 29.8 Å². The maximum Gasteiger partial charge on any atom is 0.227 e. The van der Waals surface area contributed by atoms with E-state index in [-0.39, 0.29) is 11.8 Å². The van der Waals surface area contributed by atoms with E-state index in [1.807, 2.05) is 24.3 Å². The van der Waals surface area contributed by atoms with E-state index in [9.17, 15) is 4.79 Å². The number of amides is 1. The van der Waals surface area contributed by atoms with Crippen LogP contribution in [0.25, 0.3) is 0 Å². The molecule has 3 nitrogen and oxygen atoms in total. The number of carbonyl (C=O) groups is 1. The molecule has 1 fully saturated rings. The Kier molecular flexibility index (Phi) is 3.79. The van der Waals surface area contributed by atoms with E-state index in [4.69, 9.17) is 5.73 Å². The minimum Gasteiger partial charge on any atom is -0.325 e. The van der Waals surface area contributed by atoms with Gasteiger partial charge < -0.3 is 11.1 Å². The van der Waals surface area contributed by atoms with Gasteiger partial charge in [-0.05, 0) is 25.0 Å². The molecule has 1 aliphatic carbocycles. The minimum atomic E-state index is 0.109. The number of para-hydroxylation sites is 1. The summed E-state index contributed by atoms with van der Waals surface area (Å²) in [7, 11) is 0. The lowest BCUT2D eigenvalue weighted by molar-refractivity contribution is -0.122. The van der Waals surface area contributed by atoms with Crippen molar-refractivity contribution in [1.82, 2.24) is 0 Å². The number of benzene rings is 1. The zero-order valence-electron chi connectivity index (χ0n) is 9.70. The van der Waals surface area contributed by atoms with Crippen LogP contribution in [0.1, 0.15) is 24.8 Å². The Balaban J connectivity index is 2.11. The van der Waals surface area contributed by atoms with Gasteiger partial charge in [-0.25, -0.2) is 0 Å². The molecule has 1 aliphatic rings. The van der Waals surface area contributed by atoms with Gasteiger partial charge in [0.25, 0.3) is 0 Å². The van der Waals surface area contributed by atoms with Crippen molar-refractivity contribution in [2.75, 3.05) is 11.9 Å². The molecular weight excluding hydrogens is 212 g/mol. The molecule has 0 aliphatic heterocycles. The highest BCUT2D eigenvalue weighted by Gasteiger charge is 2.25. The van der Waals surface area contributed by atoms with Gasteiger partial charge in [0.2, 0.25) is 5.91 Å². The number of nitrogens with two attached hydrogens (primary N) is 1. The molecule has 3 heteroatoms. The van der Waals surface area contributed by atoms with Crippen molar-refractivity contribution in [2.24, 2.45) is 11.7 Å². The van der Waals surface area contributed by atoms with Crippen molar-refractivity contribution in [3.8, 4) is 11.8 Å². The molecule has 2 rings (SSSR count). The van der Waals surface area contributed by atoms with Crippen LogP contribution in [0.4, 0.5) is 5.69 Å². The highest BCUT2D eigenvalue weighted by molar-refractivity contribution is 5.94. The predicted molar refractivity (Wildman–Crippen MR) is 68.3 cm³/mol. The van der Waals surface area contributed by atoms with Crippen LogP contribution in [0.15, 0.2) is 24.3 Å². The average Bonchev–Trinajstić information content (AvgIpc) is 2.25. The summed E-state index contributed by atoms with van der Waals surface area (Å²) in [5.41, 5.74) is 6.95. The molecule has 1 aromatic rings. The van der Waals surface area contributed by atoms with Crippen LogP contribution in [0, 0.1) is 17.8 Å². The number of anilines is 1. The first-order chi connectivity index (χ1) is 8.31. The van der Waals surface area contributed by atoms with Crippen LogP contribution in [0.5, 0.6) is 0 Å². The topological polar surface area (TPSA) is 55.1 Å². The summed E-state index contributed by atoms with van der Waals surface area (Å²) in [5, 5.41) is 2.94. The van der Waals surface area contributed by atoms with Crippen LogP contribution in [-0.4, -0.2) is 12.5 Å². The predicted octanol–water partition coefficient (Wildman–Crippen LogP) is 1.74. The van der Waals surface area contributed by atoms with E-state index >= 15 is 0 Å². The lowest BCUT2D eigenvalue weighted by atomic mass is 9.85. The molecule has 0 saturated heterocycles. The molecule has 1 saturated carbocycles. The van der Waals surface area contributed by atoms with Crippen molar-refractivity contribution in [1.29, 1.82) is 0 Å². The van der Waals surface area contributed by atoms with Gasteiger partial charge >= 0.3 is 0 Å². The SMILES string of the molecule is NCC#Cc1ccccc1NC(=O)C1CCC1. The summed E-state index contributed by atoms with van der Waals surface area (Å²) in [6, 6.07) is 7.56. The summed E-state index contributed by atoms with van der Waals surface area (Å²) in [4.78, 5) is 11.8. The third-order valence-corrected chi connectivity index (χ3v) is 2.99. The highest BCUT2D eigenvalue weighted by atomic mass is 16.1. The van der Waals surface area contributed by atoms with Gasteiger partial charge in [0, 0.05) is 11.5 Å². The molecule has 0 heterocycles. The van der Waals surface area contributed by atoms with E-state index in [0.29, 0.717) is 6.54 Å². The number of nitrogens with one attached hydrogen (secondary N) is 1. The Morgan fingerprint density at radius 1 is 1.41 bits per heavy atom. The third-order valence-electron chi connectivity index (χ3n) is 2.99. The second kappa shape index (κ2) is 5.51. The van der Waals surface area contributed by atoms with E-state index in [0.717, 1.165) is 30.5 Å². The number of rotatable bonds is 2. The molecule has 17 heavy (non-hydrogen) atoms. The van der Waals surface area contributed by atoms with Gasteiger partial charge in [0.15, 0.2) is 0 Å². The van der Waals surface area contributed by atoms with Gasteiger partial charge in [-0.3, -0.25) is 4.79 Å². The first kappa shape index (κ1) is 11.7. The second-order valence-electron chi connectivity index (χ2n) is 4.17. The summed E-state index contributed by atoms with van der Waals surface area (Å²) >= 11 is 0. The Hall–Kier alpha value is -1.79. The summed E-state index contributed by atoms with van der Waals surface area (Å²) in [6.07, 6.45) is 3.16. The van der Waals surface area contributed by atoms with E-state index < -0.39 is 0 Å². The number of hydrogen-bond acceptors (Lipinski definition) is 2. The minimum absolute atomic E-state index is 0.109. The maximum atomic E-state index is 11.8. The van der Waals surface area contributed by atoms with E-state index in [2.05, 4.69) is 17.2 Å². The zero-order chi connectivity index (χ0) is 12.1. The molecule has 1 amide bonds. The fourth-order valence-electron chi connectivity index (χ4n) is 1.75. The monoisotopic (exact) mass is 228 g/mol. The largest absolute Gasteiger partial charge is 0.325 e. The molecule has 0 aromatic heterocycles. The molecule has 3 N–H and O–H groups in total. The summed E-state index contributed by atoms with van der Waals surface area (Å²) in [5.74, 6) is 6.06. The normalized spacial score (nSPS) is 14.4. The van der Waals surface area contributed by atoms with Crippen LogP contribution in [0.2, 0.25) is 0 Å². The molecule has 0 unspecified atom stereocenters. The van der Waals surface area contributed by atoms with E-state index in [1.165, 1.54) is 0 Å². The number of carbonyl (C=O) groups excluding carboxylic acids is 1. The molecule has 0 bridgehead atoms. The van der Waals surface area contributed by atoms with Gasteiger partial charge in [-0.2, -0.15) is 0 Å². The maximum absolute atomic E-state index is 11.8. The van der Waals surface area contributed by atoms with Gasteiger partial charge in [-0.15, -0.1) is 0 Å². The van der Waals surface area contributed by atoms with Gasteiger partial charge in [0.1, 0.15) is 0 Å². The third kappa shape index (κ3) is 2.86. The first-order valence-electron chi connectivity index (χ1n) is 5.90. The lowest BCUT2D eigenvalue weighted by Gasteiger charge is -2.24. The van der Waals surface area contributed by atoms with Crippen molar-refractivity contribution < 1.29 is 4.79 Å². The standard InChI is InChI=1S/C14H16N2O/c15-10-4-8-11-5-1-2-9-13(11)16-14(17)12-6-3-7-12/h1-2,5,9,12H,3,6-7,10,15H2,(H,16,17). The molecule has 0 atom stereocenters. The lowest BCUT2D eigenvalue weighted by Crippen LogP contribution is -2.28. The first-order valence-corrected chi connectivity index (χ1v) is 5.90. The van der Waals surface area contributed by atoms with Crippen molar-refractivity contribution in [2.45, 2.75) is 19.3 Å². The fraction of sp³-hybridized carbons (Fsp3) is 0.357. The highest BCUT2D eigenvalue weighted by Crippen LogP contribution is 2.28. The van der Waals surface area contributed by atoms with Crippen LogP contribution in [-0.2, 0) is 4.79 Å². The Bertz CT molecular complexity index is 467. The second-order valence-corrected chi connectivity index (χ2v) is 4.17. The Morgan fingerprint density at radius 3 is 2.82 bits per heavy atom. The van der Waals surface area contributed by atoms with Crippen molar-refractivity contribution in [3.63, 3.8) is 0 Å². The summed E-state index contributed by atoms with van der Waals surface area (Å²) in [6.45, 7) is 0.324. The van der Waals surface area contributed by atoms with Gasteiger partial charge in [0.05, 0.1) is 12.2 Å². The molecule has 1 aromatic carbocycles. The Labute approximate surface area is 101 Å². The molecule has 0 radical (unpaired) electrons. The van der Waals surface area contributed by atoms with Crippen LogP contribution >= 0.6 is 0 Å². The quantitative estimate of drug-likeness (QED) is 0.757. The van der Waals surface area contributed by atoms with Gasteiger partial charge in [-0.1, -0.05) is 30.4 Å². The van der Waals surface area contributed by atoms with Crippen LogP contribution < -0.4 is 11.1 Å². The Morgan fingerprint density at radius 2 is 2.18 bits per heavy atom. The van der Waals surface area contributed by atoms with E-state index in [1.54, 1.807) is 0 Å². The smallest absolute Gasteiger partial charge is 0.227 e. The molecule has 0 spiro atoms. The van der Waals surface area contributed by atoms with Crippen LogP contribution in [0.3, 0.4) is 0 Å². The molecular formula is C14H16N2O.